The van der Waals surface area contributed by atoms with Crippen LogP contribution in [-0.4, -0.2) is 33.8 Å². The predicted molar refractivity (Wildman–Crippen MR) is 126 cm³/mol. The van der Waals surface area contributed by atoms with Crippen LogP contribution in [0.1, 0.15) is 5.56 Å². The number of rotatable bonds is 8. The summed E-state index contributed by atoms with van der Waals surface area (Å²) in [5, 5.41) is 8.80. The molecule has 0 aliphatic rings. The Morgan fingerprint density at radius 2 is 1.79 bits per heavy atom. The van der Waals surface area contributed by atoms with Crippen molar-refractivity contribution in [2.75, 3.05) is 19.5 Å². The fourth-order valence-corrected chi connectivity index (χ4v) is 4.16. The smallest absolute Gasteiger partial charge is 0.227 e. The predicted octanol–water partition coefficient (Wildman–Crippen LogP) is 5.16. The van der Waals surface area contributed by atoms with Crippen LogP contribution in [0.25, 0.3) is 17.2 Å². The van der Waals surface area contributed by atoms with Gasteiger partial charge >= 0.3 is 0 Å². The second kappa shape index (κ2) is 9.25. The molecular formula is C24H21N5O3S. The molecule has 9 heteroatoms. The molecule has 3 heterocycles. The number of furan rings is 1. The lowest BCUT2D eigenvalue weighted by Gasteiger charge is -2.12. The molecule has 0 unspecified atom stereocenters. The van der Waals surface area contributed by atoms with Gasteiger partial charge in [0.15, 0.2) is 22.9 Å². The lowest BCUT2D eigenvalue weighted by Crippen LogP contribution is -2.08. The summed E-state index contributed by atoms with van der Waals surface area (Å²) in [4.78, 5) is 10.5. The Bertz CT molecular complexity index is 1370. The van der Waals surface area contributed by atoms with Crippen LogP contribution < -0.4 is 14.8 Å². The van der Waals surface area contributed by atoms with Crippen LogP contribution >= 0.6 is 11.8 Å². The average Bonchev–Trinajstić information content (AvgIpc) is 3.53. The fourth-order valence-electron chi connectivity index (χ4n) is 3.33. The highest BCUT2D eigenvalue weighted by molar-refractivity contribution is 7.99. The summed E-state index contributed by atoms with van der Waals surface area (Å²) in [6, 6.07) is 21.4. The monoisotopic (exact) mass is 459 g/mol. The lowest BCUT2D eigenvalue weighted by molar-refractivity contribution is 0.354. The molecule has 0 aliphatic heterocycles. The van der Waals surface area contributed by atoms with Crippen molar-refractivity contribution in [1.29, 1.82) is 0 Å². The zero-order valence-corrected chi connectivity index (χ0v) is 18.9. The van der Waals surface area contributed by atoms with E-state index in [-0.39, 0.29) is 0 Å². The molecule has 5 aromatic rings. The molecule has 0 aliphatic carbocycles. The van der Waals surface area contributed by atoms with Crippen molar-refractivity contribution in [2.24, 2.45) is 0 Å². The van der Waals surface area contributed by atoms with Crippen molar-refractivity contribution < 1.29 is 13.9 Å². The van der Waals surface area contributed by atoms with Crippen LogP contribution in [0.4, 0.5) is 5.95 Å². The summed E-state index contributed by atoms with van der Waals surface area (Å²) in [5.41, 5.74) is 1.68. The van der Waals surface area contributed by atoms with Crippen molar-refractivity contribution in [3.05, 3.63) is 78.6 Å². The van der Waals surface area contributed by atoms with E-state index in [9.17, 15) is 0 Å². The Morgan fingerprint density at radius 1 is 0.939 bits per heavy atom. The van der Waals surface area contributed by atoms with Crippen molar-refractivity contribution in [3.8, 4) is 23.1 Å². The standard InChI is InChI=1S/C24H21N5O3S/c1-30-18-11-10-16(13-20(18)31-2)15-25-24-27-22(33-17-7-4-3-5-8-17)14-21-26-23(28-29(21)24)19-9-6-12-32-19/h3-14H,15H2,1-2H3,(H,25,27). The van der Waals surface area contributed by atoms with Gasteiger partial charge in [-0.15, -0.1) is 5.10 Å². The van der Waals surface area contributed by atoms with Crippen molar-refractivity contribution in [3.63, 3.8) is 0 Å². The Morgan fingerprint density at radius 3 is 2.55 bits per heavy atom. The van der Waals surface area contributed by atoms with Gasteiger partial charge in [-0.05, 0) is 42.0 Å². The normalized spacial score (nSPS) is 11.0. The quantitative estimate of drug-likeness (QED) is 0.318. The molecule has 3 aromatic heterocycles. The largest absolute Gasteiger partial charge is 0.493 e. The highest BCUT2D eigenvalue weighted by atomic mass is 32.2. The average molecular weight is 460 g/mol. The van der Waals surface area contributed by atoms with E-state index in [1.807, 2.05) is 66.7 Å². The molecular weight excluding hydrogens is 438 g/mol. The number of nitrogens with one attached hydrogen (secondary N) is 1. The van der Waals surface area contributed by atoms with Crippen LogP contribution in [0.3, 0.4) is 0 Å². The van der Waals surface area contributed by atoms with Gasteiger partial charge in [0.1, 0.15) is 5.03 Å². The number of hydrogen-bond acceptors (Lipinski definition) is 8. The summed E-state index contributed by atoms with van der Waals surface area (Å²) in [7, 11) is 3.24. The molecule has 33 heavy (non-hydrogen) atoms. The first kappa shape index (κ1) is 20.9. The van der Waals surface area contributed by atoms with Gasteiger partial charge in [0.05, 0.1) is 20.5 Å². The van der Waals surface area contributed by atoms with Crippen molar-refractivity contribution in [2.45, 2.75) is 16.5 Å². The van der Waals surface area contributed by atoms with E-state index in [0.717, 1.165) is 15.5 Å². The van der Waals surface area contributed by atoms with Gasteiger partial charge in [-0.25, -0.2) is 9.97 Å². The summed E-state index contributed by atoms with van der Waals surface area (Å²) in [6.45, 7) is 0.512. The van der Waals surface area contributed by atoms with E-state index in [1.54, 1.807) is 36.8 Å². The fraction of sp³-hybridized carbons (Fsp3) is 0.125. The number of anilines is 1. The number of fused-ring (bicyclic) bond motifs is 1. The zero-order chi connectivity index (χ0) is 22.6. The highest BCUT2D eigenvalue weighted by Crippen LogP contribution is 2.30. The maximum atomic E-state index is 5.48. The Kier molecular flexibility index (Phi) is 5.86. The summed E-state index contributed by atoms with van der Waals surface area (Å²) < 4.78 is 17.9. The molecule has 8 nitrogen and oxygen atoms in total. The third kappa shape index (κ3) is 4.49. The van der Waals surface area contributed by atoms with E-state index < -0.39 is 0 Å². The maximum absolute atomic E-state index is 5.48. The van der Waals surface area contributed by atoms with E-state index >= 15 is 0 Å². The van der Waals surface area contributed by atoms with Crippen LogP contribution in [0.5, 0.6) is 11.5 Å². The van der Waals surface area contributed by atoms with E-state index in [4.69, 9.17) is 18.9 Å². The number of ether oxygens (including phenoxy) is 2. The first-order valence-electron chi connectivity index (χ1n) is 10.2. The molecule has 166 valence electrons. The Hall–Kier alpha value is -3.98. The molecule has 0 atom stereocenters. The van der Waals surface area contributed by atoms with E-state index in [2.05, 4.69) is 15.4 Å². The molecule has 0 saturated carbocycles. The van der Waals surface area contributed by atoms with Gasteiger partial charge in [-0.1, -0.05) is 36.0 Å². The van der Waals surface area contributed by atoms with E-state index in [0.29, 0.717) is 41.2 Å². The third-order valence-corrected chi connectivity index (χ3v) is 5.83. The third-order valence-electron chi connectivity index (χ3n) is 4.91. The molecule has 0 amide bonds. The van der Waals surface area contributed by atoms with Crippen LogP contribution in [0, 0.1) is 0 Å². The number of benzene rings is 2. The molecule has 0 bridgehead atoms. The second-order valence-corrected chi connectivity index (χ2v) is 8.15. The van der Waals surface area contributed by atoms with Gasteiger partial charge in [0.25, 0.3) is 0 Å². The van der Waals surface area contributed by atoms with Gasteiger partial charge in [0, 0.05) is 17.5 Å². The van der Waals surface area contributed by atoms with Gasteiger partial charge in [0.2, 0.25) is 11.8 Å². The highest BCUT2D eigenvalue weighted by Gasteiger charge is 2.15. The first-order chi connectivity index (χ1) is 16.2. The van der Waals surface area contributed by atoms with E-state index in [1.165, 1.54) is 0 Å². The van der Waals surface area contributed by atoms with Crippen molar-refractivity contribution >= 4 is 23.4 Å². The van der Waals surface area contributed by atoms with Crippen LogP contribution in [0.15, 0.2) is 87.3 Å². The molecule has 2 aromatic carbocycles. The van der Waals surface area contributed by atoms with Crippen LogP contribution in [-0.2, 0) is 6.54 Å². The number of hydrogen-bond donors (Lipinski definition) is 1. The molecule has 0 spiro atoms. The maximum Gasteiger partial charge on any atom is 0.227 e. The van der Waals surface area contributed by atoms with Crippen molar-refractivity contribution in [1.82, 2.24) is 19.6 Å². The summed E-state index contributed by atoms with van der Waals surface area (Å²) in [6.07, 6.45) is 1.60. The molecule has 5 rings (SSSR count). The first-order valence-corrected chi connectivity index (χ1v) is 11.0. The molecule has 0 radical (unpaired) electrons. The Balaban J connectivity index is 1.49. The number of nitrogens with zero attached hydrogens (tertiary/aromatic N) is 4. The summed E-state index contributed by atoms with van der Waals surface area (Å²) >= 11 is 1.56. The molecule has 0 fully saturated rings. The minimum atomic E-state index is 0.498. The Labute approximate surface area is 194 Å². The van der Waals surface area contributed by atoms with Crippen LogP contribution in [0.2, 0.25) is 0 Å². The summed E-state index contributed by atoms with van der Waals surface area (Å²) in [5.74, 6) is 3.03. The zero-order valence-electron chi connectivity index (χ0n) is 18.1. The number of methoxy groups -OCH3 is 2. The second-order valence-electron chi connectivity index (χ2n) is 7.06. The number of aromatic nitrogens is 4. The topological polar surface area (TPSA) is 86.7 Å². The van der Waals surface area contributed by atoms with Gasteiger partial charge < -0.3 is 19.2 Å². The minimum Gasteiger partial charge on any atom is -0.493 e. The van der Waals surface area contributed by atoms with Gasteiger partial charge in [-0.3, -0.25) is 0 Å². The molecule has 1 N–H and O–H groups in total. The van der Waals surface area contributed by atoms with Gasteiger partial charge in [-0.2, -0.15) is 4.52 Å². The molecule has 0 saturated heterocycles. The minimum absolute atomic E-state index is 0.498. The SMILES string of the molecule is COc1ccc(CNc2nc(Sc3ccccc3)cc3nc(-c4ccco4)nn23)cc1OC. The lowest BCUT2D eigenvalue weighted by atomic mass is 10.2.